The predicted molar refractivity (Wildman–Crippen MR) is 54.3 cm³/mol. The van der Waals surface area contributed by atoms with E-state index in [1.54, 1.807) is 0 Å². The van der Waals surface area contributed by atoms with Crippen molar-refractivity contribution < 1.29 is 5.11 Å². The van der Waals surface area contributed by atoms with Gasteiger partial charge < -0.3 is 5.11 Å². The third-order valence-corrected chi connectivity index (χ3v) is 2.48. The molecule has 2 rings (SSSR count). The summed E-state index contributed by atoms with van der Waals surface area (Å²) in [6, 6.07) is 10.3. The maximum Gasteiger partial charge on any atom is 0.0726 e. The minimum Gasteiger partial charge on any atom is -0.389 e. The maximum atomic E-state index is 9.46. The topological polar surface area (TPSA) is 20.2 Å². The Morgan fingerprint density at radius 1 is 1.15 bits per heavy atom. The Morgan fingerprint density at radius 3 is 2.62 bits per heavy atom. The lowest BCUT2D eigenvalue weighted by Crippen LogP contribution is -2.08. The molecule has 0 aliphatic heterocycles. The molecule has 68 valence electrons. The van der Waals surface area contributed by atoms with E-state index in [2.05, 4.69) is 12.1 Å². The second kappa shape index (κ2) is 3.75. The minimum atomic E-state index is -0.232. The average molecular weight is 174 g/mol. The highest BCUT2D eigenvalue weighted by atomic mass is 16.3. The second-order valence-electron chi connectivity index (χ2n) is 3.52. The lowest BCUT2D eigenvalue weighted by Gasteiger charge is -2.16. The summed E-state index contributed by atoms with van der Waals surface area (Å²) >= 11 is 0. The predicted octanol–water partition coefficient (Wildman–Crippen LogP) is 2.61. The number of aliphatic hydroxyl groups is 1. The van der Waals surface area contributed by atoms with Crippen LogP contribution < -0.4 is 0 Å². The molecule has 0 spiro atoms. The molecule has 1 aromatic rings. The van der Waals surface area contributed by atoms with E-state index in [-0.39, 0.29) is 6.10 Å². The first kappa shape index (κ1) is 8.52. The largest absolute Gasteiger partial charge is 0.389 e. The average Bonchev–Trinajstić information content (AvgIpc) is 2.19. The van der Waals surface area contributed by atoms with Gasteiger partial charge in [0.2, 0.25) is 0 Å². The number of hydrogen-bond donors (Lipinski definition) is 1. The number of hydrogen-bond acceptors (Lipinski definition) is 1. The van der Waals surface area contributed by atoms with Crippen LogP contribution in [0.25, 0.3) is 5.57 Å². The van der Waals surface area contributed by atoms with Crippen molar-refractivity contribution in [3.8, 4) is 0 Å². The molecular formula is C12H14O. The fourth-order valence-corrected chi connectivity index (χ4v) is 1.79. The van der Waals surface area contributed by atoms with Gasteiger partial charge in [-0.3, -0.25) is 0 Å². The Bertz CT molecular complexity index is 300. The summed E-state index contributed by atoms with van der Waals surface area (Å²) in [7, 11) is 0. The van der Waals surface area contributed by atoms with E-state index in [9.17, 15) is 5.11 Å². The van der Waals surface area contributed by atoms with Crippen LogP contribution in [0.3, 0.4) is 0 Å². The highest BCUT2D eigenvalue weighted by Gasteiger charge is 2.11. The third-order valence-electron chi connectivity index (χ3n) is 2.48. The van der Waals surface area contributed by atoms with Crippen LogP contribution >= 0.6 is 0 Å². The van der Waals surface area contributed by atoms with Crippen LogP contribution in [0.5, 0.6) is 0 Å². The molecule has 1 atom stereocenters. The minimum absolute atomic E-state index is 0.232. The zero-order valence-corrected chi connectivity index (χ0v) is 7.61. The summed E-state index contributed by atoms with van der Waals surface area (Å²) in [5.74, 6) is 0. The van der Waals surface area contributed by atoms with Gasteiger partial charge in [0.1, 0.15) is 0 Å². The summed E-state index contributed by atoms with van der Waals surface area (Å²) in [6.45, 7) is 0. The van der Waals surface area contributed by atoms with Gasteiger partial charge in [0, 0.05) is 0 Å². The van der Waals surface area contributed by atoms with Gasteiger partial charge in [0.25, 0.3) is 0 Å². The zero-order valence-electron chi connectivity index (χ0n) is 7.61. The smallest absolute Gasteiger partial charge is 0.0726 e. The van der Waals surface area contributed by atoms with E-state index < -0.39 is 0 Å². The van der Waals surface area contributed by atoms with Crippen LogP contribution in [0.15, 0.2) is 36.4 Å². The molecule has 0 fully saturated rings. The van der Waals surface area contributed by atoms with Gasteiger partial charge >= 0.3 is 0 Å². The van der Waals surface area contributed by atoms with Gasteiger partial charge in [-0.1, -0.05) is 36.4 Å². The molecule has 1 aromatic carbocycles. The van der Waals surface area contributed by atoms with Gasteiger partial charge in [0.05, 0.1) is 6.10 Å². The lowest BCUT2D eigenvalue weighted by atomic mass is 9.92. The van der Waals surface area contributed by atoms with Gasteiger partial charge in [0.15, 0.2) is 0 Å². The number of benzene rings is 1. The summed E-state index contributed by atoms with van der Waals surface area (Å²) in [4.78, 5) is 0. The quantitative estimate of drug-likeness (QED) is 0.694. The van der Waals surface area contributed by atoms with Crippen LogP contribution in [0.2, 0.25) is 0 Å². The molecule has 0 saturated carbocycles. The molecule has 0 bridgehead atoms. The van der Waals surface area contributed by atoms with Crippen LogP contribution in [-0.4, -0.2) is 11.2 Å². The molecule has 1 aliphatic carbocycles. The van der Waals surface area contributed by atoms with Crippen LogP contribution in [0, 0.1) is 0 Å². The SMILES string of the molecule is OC1C=C(c2ccccc2)CCC1. The van der Waals surface area contributed by atoms with Crippen molar-refractivity contribution in [1.82, 2.24) is 0 Å². The van der Waals surface area contributed by atoms with Gasteiger partial charge in [-0.15, -0.1) is 0 Å². The Balaban J connectivity index is 2.26. The van der Waals surface area contributed by atoms with Crippen molar-refractivity contribution in [2.75, 3.05) is 0 Å². The van der Waals surface area contributed by atoms with Crippen LogP contribution in [0.4, 0.5) is 0 Å². The third kappa shape index (κ3) is 1.99. The Kier molecular flexibility index (Phi) is 2.46. The summed E-state index contributed by atoms with van der Waals surface area (Å²) in [5, 5.41) is 9.46. The fourth-order valence-electron chi connectivity index (χ4n) is 1.79. The van der Waals surface area contributed by atoms with E-state index >= 15 is 0 Å². The Labute approximate surface area is 78.7 Å². The molecule has 0 saturated heterocycles. The Morgan fingerprint density at radius 2 is 1.92 bits per heavy atom. The molecule has 0 aromatic heterocycles. The summed E-state index contributed by atoms with van der Waals surface area (Å²) in [6.07, 6.45) is 4.86. The normalized spacial score (nSPS) is 22.5. The second-order valence-corrected chi connectivity index (χ2v) is 3.52. The summed E-state index contributed by atoms with van der Waals surface area (Å²) in [5.41, 5.74) is 2.54. The van der Waals surface area contributed by atoms with Gasteiger partial charge in [-0.2, -0.15) is 0 Å². The number of allylic oxidation sites excluding steroid dienone is 1. The number of rotatable bonds is 1. The maximum absolute atomic E-state index is 9.46. The first-order valence-electron chi connectivity index (χ1n) is 4.80. The fraction of sp³-hybridized carbons (Fsp3) is 0.333. The van der Waals surface area contributed by atoms with Crippen molar-refractivity contribution in [3.63, 3.8) is 0 Å². The van der Waals surface area contributed by atoms with Crippen molar-refractivity contribution in [2.24, 2.45) is 0 Å². The highest BCUT2D eigenvalue weighted by molar-refractivity contribution is 5.66. The van der Waals surface area contributed by atoms with E-state index in [0.717, 1.165) is 19.3 Å². The standard InChI is InChI=1S/C12H14O/c13-12-8-4-7-11(9-12)10-5-2-1-3-6-10/h1-3,5-6,9,12-13H,4,7-8H2. The molecule has 1 aliphatic rings. The molecule has 1 heteroatoms. The van der Waals surface area contributed by atoms with E-state index in [4.69, 9.17) is 0 Å². The van der Waals surface area contributed by atoms with E-state index in [0.29, 0.717) is 0 Å². The van der Waals surface area contributed by atoms with Crippen LogP contribution in [0.1, 0.15) is 24.8 Å². The zero-order chi connectivity index (χ0) is 9.10. The molecule has 0 amide bonds. The molecule has 0 heterocycles. The molecule has 0 radical (unpaired) electrons. The van der Waals surface area contributed by atoms with E-state index in [1.807, 2.05) is 24.3 Å². The van der Waals surface area contributed by atoms with Gasteiger partial charge in [-0.25, -0.2) is 0 Å². The van der Waals surface area contributed by atoms with Crippen molar-refractivity contribution in [2.45, 2.75) is 25.4 Å². The monoisotopic (exact) mass is 174 g/mol. The molecule has 1 unspecified atom stereocenters. The van der Waals surface area contributed by atoms with Gasteiger partial charge in [-0.05, 0) is 30.4 Å². The van der Waals surface area contributed by atoms with E-state index in [1.165, 1.54) is 11.1 Å². The Hall–Kier alpha value is -1.08. The van der Waals surface area contributed by atoms with Crippen molar-refractivity contribution >= 4 is 5.57 Å². The first-order chi connectivity index (χ1) is 6.36. The summed E-state index contributed by atoms with van der Waals surface area (Å²) < 4.78 is 0. The molecular weight excluding hydrogens is 160 g/mol. The van der Waals surface area contributed by atoms with Crippen LogP contribution in [-0.2, 0) is 0 Å². The molecule has 1 N–H and O–H groups in total. The molecule has 1 nitrogen and oxygen atoms in total. The highest BCUT2D eigenvalue weighted by Crippen LogP contribution is 2.26. The molecule has 13 heavy (non-hydrogen) atoms. The first-order valence-corrected chi connectivity index (χ1v) is 4.80. The van der Waals surface area contributed by atoms with Crippen molar-refractivity contribution in [3.05, 3.63) is 42.0 Å². The van der Waals surface area contributed by atoms with Crippen molar-refractivity contribution in [1.29, 1.82) is 0 Å². The number of aliphatic hydroxyl groups excluding tert-OH is 1. The lowest BCUT2D eigenvalue weighted by molar-refractivity contribution is 0.206.